The van der Waals surface area contributed by atoms with Gasteiger partial charge < -0.3 is 5.32 Å². The van der Waals surface area contributed by atoms with Crippen molar-refractivity contribution in [2.24, 2.45) is 5.92 Å². The smallest absolute Gasteiger partial charge is 0.314 e. The summed E-state index contributed by atoms with van der Waals surface area (Å²) in [6.45, 7) is 3.00. The van der Waals surface area contributed by atoms with Gasteiger partial charge in [-0.05, 0) is 49.7 Å². The van der Waals surface area contributed by atoms with Crippen LogP contribution in [0.3, 0.4) is 0 Å². The summed E-state index contributed by atoms with van der Waals surface area (Å²) < 4.78 is 36.3. The quantitative estimate of drug-likeness (QED) is 0.753. The SMILES string of the molecule is CCCNC(CCCC(F)(F)F)C1CCSC1. The minimum absolute atomic E-state index is 0.256. The Morgan fingerprint density at radius 3 is 2.71 bits per heavy atom. The normalized spacial score (nSPS) is 22.9. The Bertz CT molecular complexity index is 202. The first-order chi connectivity index (χ1) is 8.03. The molecule has 0 aromatic rings. The first kappa shape index (κ1) is 15.2. The Labute approximate surface area is 106 Å². The number of nitrogens with one attached hydrogen (secondary N) is 1. The van der Waals surface area contributed by atoms with E-state index in [1.165, 1.54) is 0 Å². The second-order valence-corrected chi connectivity index (χ2v) is 5.84. The van der Waals surface area contributed by atoms with Crippen molar-refractivity contribution in [3.63, 3.8) is 0 Å². The van der Waals surface area contributed by atoms with Crippen LogP contribution < -0.4 is 5.32 Å². The van der Waals surface area contributed by atoms with Crippen LogP contribution in [0.2, 0.25) is 0 Å². The average molecular weight is 269 g/mol. The standard InChI is InChI=1S/C12H22F3NS/c1-2-7-16-11(10-5-8-17-9-10)4-3-6-12(13,14)15/h10-11,16H,2-9H2,1H3. The van der Waals surface area contributed by atoms with Crippen molar-refractivity contribution in [3.8, 4) is 0 Å². The van der Waals surface area contributed by atoms with Gasteiger partial charge in [-0.2, -0.15) is 24.9 Å². The summed E-state index contributed by atoms with van der Waals surface area (Å²) in [7, 11) is 0. The van der Waals surface area contributed by atoms with Crippen LogP contribution in [0.4, 0.5) is 13.2 Å². The maximum absolute atomic E-state index is 12.1. The lowest BCUT2D eigenvalue weighted by molar-refractivity contribution is -0.136. The molecule has 0 saturated carbocycles. The number of hydrogen-bond acceptors (Lipinski definition) is 2. The van der Waals surface area contributed by atoms with Gasteiger partial charge in [0.2, 0.25) is 0 Å². The summed E-state index contributed by atoms with van der Waals surface area (Å²) in [4.78, 5) is 0. The summed E-state index contributed by atoms with van der Waals surface area (Å²) >= 11 is 1.92. The van der Waals surface area contributed by atoms with E-state index in [2.05, 4.69) is 12.2 Å². The molecule has 0 aliphatic carbocycles. The number of hydrogen-bond donors (Lipinski definition) is 1. The molecule has 0 amide bonds. The fraction of sp³-hybridized carbons (Fsp3) is 1.00. The summed E-state index contributed by atoms with van der Waals surface area (Å²) in [5, 5.41) is 3.42. The molecule has 102 valence electrons. The Morgan fingerprint density at radius 2 is 2.18 bits per heavy atom. The van der Waals surface area contributed by atoms with E-state index in [-0.39, 0.29) is 12.5 Å². The number of rotatable bonds is 7. The van der Waals surface area contributed by atoms with Gasteiger partial charge in [-0.25, -0.2) is 0 Å². The van der Waals surface area contributed by atoms with Crippen molar-refractivity contribution in [1.29, 1.82) is 0 Å². The third kappa shape index (κ3) is 6.55. The lowest BCUT2D eigenvalue weighted by Crippen LogP contribution is -2.37. The molecule has 0 radical (unpaired) electrons. The summed E-state index contributed by atoms with van der Waals surface area (Å²) in [6, 6.07) is 0.285. The van der Waals surface area contributed by atoms with Gasteiger partial charge in [-0.15, -0.1) is 0 Å². The van der Waals surface area contributed by atoms with Crippen molar-refractivity contribution in [2.45, 2.75) is 51.2 Å². The van der Waals surface area contributed by atoms with Gasteiger partial charge in [0.1, 0.15) is 0 Å². The first-order valence-electron chi connectivity index (χ1n) is 6.41. The Morgan fingerprint density at radius 1 is 1.41 bits per heavy atom. The number of thioether (sulfide) groups is 1. The molecule has 1 fully saturated rings. The van der Waals surface area contributed by atoms with Crippen LogP contribution in [0.1, 0.15) is 39.0 Å². The molecule has 1 aliphatic heterocycles. The Balaban J connectivity index is 2.29. The van der Waals surface area contributed by atoms with Crippen LogP contribution >= 0.6 is 11.8 Å². The summed E-state index contributed by atoms with van der Waals surface area (Å²) in [5.74, 6) is 2.83. The van der Waals surface area contributed by atoms with Crippen molar-refractivity contribution < 1.29 is 13.2 Å². The van der Waals surface area contributed by atoms with E-state index < -0.39 is 12.6 Å². The topological polar surface area (TPSA) is 12.0 Å². The second kappa shape index (κ2) is 7.52. The molecule has 1 aliphatic rings. The maximum atomic E-state index is 12.1. The Hall–Kier alpha value is 0.100. The lowest BCUT2D eigenvalue weighted by Gasteiger charge is -2.24. The molecule has 17 heavy (non-hydrogen) atoms. The van der Waals surface area contributed by atoms with Crippen LogP contribution in [0.5, 0.6) is 0 Å². The molecule has 1 saturated heterocycles. The highest BCUT2D eigenvalue weighted by molar-refractivity contribution is 7.99. The van der Waals surface area contributed by atoms with Crippen molar-refractivity contribution in [3.05, 3.63) is 0 Å². The molecule has 2 atom stereocenters. The summed E-state index contributed by atoms with van der Waals surface area (Å²) in [6.07, 6.45) is -1.54. The molecule has 0 aromatic carbocycles. The van der Waals surface area contributed by atoms with Crippen molar-refractivity contribution in [1.82, 2.24) is 5.32 Å². The number of halogens is 3. The molecular formula is C12H22F3NS. The van der Waals surface area contributed by atoms with Gasteiger partial charge in [0.15, 0.2) is 0 Å². The molecule has 0 bridgehead atoms. The monoisotopic (exact) mass is 269 g/mol. The minimum atomic E-state index is -4.00. The molecular weight excluding hydrogens is 247 g/mol. The van der Waals surface area contributed by atoms with E-state index in [0.717, 1.165) is 30.9 Å². The fourth-order valence-corrected chi connectivity index (χ4v) is 3.56. The molecule has 0 spiro atoms. The van der Waals surface area contributed by atoms with Crippen molar-refractivity contribution in [2.75, 3.05) is 18.1 Å². The van der Waals surface area contributed by atoms with Gasteiger partial charge in [0.05, 0.1) is 0 Å². The van der Waals surface area contributed by atoms with Crippen LogP contribution in [-0.4, -0.2) is 30.3 Å². The second-order valence-electron chi connectivity index (χ2n) is 4.69. The van der Waals surface area contributed by atoms with Gasteiger partial charge in [-0.3, -0.25) is 0 Å². The average Bonchev–Trinajstić information content (AvgIpc) is 2.74. The van der Waals surface area contributed by atoms with Gasteiger partial charge >= 0.3 is 6.18 Å². The largest absolute Gasteiger partial charge is 0.389 e. The van der Waals surface area contributed by atoms with Gasteiger partial charge in [0, 0.05) is 12.5 Å². The molecule has 5 heteroatoms. The first-order valence-corrected chi connectivity index (χ1v) is 7.56. The van der Waals surface area contributed by atoms with Gasteiger partial charge in [0.25, 0.3) is 0 Å². The highest BCUT2D eigenvalue weighted by atomic mass is 32.2. The zero-order valence-electron chi connectivity index (χ0n) is 10.4. The van der Waals surface area contributed by atoms with E-state index in [1.807, 2.05) is 11.8 Å². The lowest BCUT2D eigenvalue weighted by atomic mass is 9.94. The molecule has 0 aromatic heterocycles. The zero-order valence-corrected chi connectivity index (χ0v) is 11.2. The molecule has 1 nitrogen and oxygen atoms in total. The highest BCUT2D eigenvalue weighted by Crippen LogP contribution is 2.30. The van der Waals surface area contributed by atoms with Crippen LogP contribution in [0.25, 0.3) is 0 Å². The predicted octanol–water partition coefficient (Wildman–Crippen LogP) is 3.84. The maximum Gasteiger partial charge on any atom is 0.389 e. The van der Waals surface area contributed by atoms with Crippen LogP contribution in [-0.2, 0) is 0 Å². The van der Waals surface area contributed by atoms with E-state index in [4.69, 9.17) is 0 Å². The predicted molar refractivity (Wildman–Crippen MR) is 67.4 cm³/mol. The van der Waals surface area contributed by atoms with E-state index >= 15 is 0 Å². The van der Waals surface area contributed by atoms with E-state index in [1.54, 1.807) is 0 Å². The summed E-state index contributed by atoms with van der Waals surface area (Å²) in [5.41, 5.74) is 0. The minimum Gasteiger partial charge on any atom is -0.314 e. The third-order valence-electron chi connectivity index (χ3n) is 3.17. The Kier molecular flexibility index (Phi) is 6.70. The number of alkyl halides is 3. The molecule has 1 heterocycles. The molecule has 2 unspecified atom stereocenters. The molecule has 1 N–H and O–H groups in total. The highest BCUT2D eigenvalue weighted by Gasteiger charge is 2.29. The van der Waals surface area contributed by atoms with Crippen LogP contribution in [0.15, 0.2) is 0 Å². The molecule has 1 rings (SSSR count). The van der Waals surface area contributed by atoms with Gasteiger partial charge in [-0.1, -0.05) is 6.92 Å². The van der Waals surface area contributed by atoms with E-state index in [0.29, 0.717) is 12.3 Å². The fourth-order valence-electron chi connectivity index (χ4n) is 2.23. The van der Waals surface area contributed by atoms with E-state index in [9.17, 15) is 13.2 Å². The zero-order chi connectivity index (χ0) is 12.7. The van der Waals surface area contributed by atoms with Crippen LogP contribution in [0, 0.1) is 5.92 Å². The third-order valence-corrected chi connectivity index (χ3v) is 4.35. The van der Waals surface area contributed by atoms with Crippen molar-refractivity contribution >= 4 is 11.8 Å².